The van der Waals surface area contributed by atoms with E-state index in [2.05, 4.69) is 11.3 Å². The first-order valence-electron chi connectivity index (χ1n) is 7.28. The Morgan fingerprint density at radius 1 is 1.30 bits per heavy atom. The molecule has 0 spiro atoms. The molecule has 124 valence electrons. The standard InChI is InChI=1S/C17H20O6/c1-3-11-9-17(21,16(20)22-2)10-13(14(11)18)23-15(19)12-7-5-4-6-8-12/h3-8,11,13-14,18,21H,1,9-10H2,2H3/t11?,13-,14+,17-/m1/s1. The molecule has 6 nitrogen and oxygen atoms in total. The van der Waals surface area contributed by atoms with Crippen molar-refractivity contribution in [2.24, 2.45) is 5.92 Å². The molecule has 4 atom stereocenters. The minimum absolute atomic E-state index is 0.0380. The van der Waals surface area contributed by atoms with Crippen molar-refractivity contribution in [2.75, 3.05) is 7.11 Å². The van der Waals surface area contributed by atoms with Crippen LogP contribution in [0.3, 0.4) is 0 Å². The molecule has 2 N–H and O–H groups in total. The zero-order chi connectivity index (χ0) is 17.0. The quantitative estimate of drug-likeness (QED) is 0.637. The largest absolute Gasteiger partial charge is 0.467 e. The number of ether oxygens (including phenoxy) is 2. The Labute approximate surface area is 134 Å². The molecule has 0 heterocycles. The molecule has 0 bridgehead atoms. The number of benzene rings is 1. The summed E-state index contributed by atoms with van der Waals surface area (Å²) in [7, 11) is 1.17. The first-order chi connectivity index (χ1) is 10.9. The molecule has 0 saturated heterocycles. The van der Waals surface area contributed by atoms with Crippen molar-refractivity contribution in [3.05, 3.63) is 48.6 Å². The van der Waals surface area contributed by atoms with Gasteiger partial charge in [-0.25, -0.2) is 9.59 Å². The second-order valence-corrected chi connectivity index (χ2v) is 5.63. The van der Waals surface area contributed by atoms with Crippen LogP contribution in [0.15, 0.2) is 43.0 Å². The van der Waals surface area contributed by atoms with Crippen molar-refractivity contribution in [1.29, 1.82) is 0 Å². The van der Waals surface area contributed by atoms with Gasteiger partial charge in [0.15, 0.2) is 5.60 Å². The predicted molar refractivity (Wildman–Crippen MR) is 81.5 cm³/mol. The summed E-state index contributed by atoms with van der Waals surface area (Å²) in [4.78, 5) is 24.0. The van der Waals surface area contributed by atoms with E-state index in [1.165, 1.54) is 13.2 Å². The van der Waals surface area contributed by atoms with Crippen LogP contribution in [0.5, 0.6) is 0 Å². The van der Waals surface area contributed by atoms with Gasteiger partial charge in [-0.15, -0.1) is 6.58 Å². The second kappa shape index (κ2) is 6.93. The van der Waals surface area contributed by atoms with E-state index in [1.54, 1.807) is 30.3 Å². The molecule has 1 aliphatic carbocycles. The molecule has 1 aromatic carbocycles. The smallest absolute Gasteiger partial charge is 0.338 e. The Kier molecular flexibility index (Phi) is 5.18. The van der Waals surface area contributed by atoms with Gasteiger partial charge in [0, 0.05) is 12.3 Å². The lowest BCUT2D eigenvalue weighted by molar-refractivity contribution is -0.179. The Morgan fingerprint density at radius 2 is 1.96 bits per heavy atom. The number of rotatable bonds is 4. The van der Waals surface area contributed by atoms with E-state index in [0.717, 1.165) is 0 Å². The Morgan fingerprint density at radius 3 is 2.52 bits per heavy atom. The normalized spacial score (nSPS) is 30.3. The highest BCUT2D eigenvalue weighted by atomic mass is 16.6. The van der Waals surface area contributed by atoms with Crippen LogP contribution in [0, 0.1) is 5.92 Å². The highest BCUT2D eigenvalue weighted by molar-refractivity contribution is 5.89. The minimum Gasteiger partial charge on any atom is -0.467 e. The molecular formula is C17H20O6. The Bertz CT molecular complexity index is 584. The van der Waals surface area contributed by atoms with Gasteiger partial charge >= 0.3 is 11.9 Å². The van der Waals surface area contributed by atoms with Gasteiger partial charge in [0.25, 0.3) is 0 Å². The van der Waals surface area contributed by atoms with Gasteiger partial charge in [-0.2, -0.15) is 0 Å². The van der Waals surface area contributed by atoms with E-state index in [4.69, 9.17) is 4.74 Å². The van der Waals surface area contributed by atoms with Crippen molar-refractivity contribution < 1.29 is 29.3 Å². The van der Waals surface area contributed by atoms with Crippen molar-refractivity contribution in [3.63, 3.8) is 0 Å². The average molecular weight is 320 g/mol. The van der Waals surface area contributed by atoms with E-state index < -0.39 is 35.7 Å². The molecule has 1 unspecified atom stereocenters. The van der Waals surface area contributed by atoms with Gasteiger partial charge in [-0.3, -0.25) is 0 Å². The molecule has 1 fully saturated rings. The number of carbonyl (C=O) groups excluding carboxylic acids is 2. The topological polar surface area (TPSA) is 93.1 Å². The fourth-order valence-corrected chi connectivity index (χ4v) is 2.79. The number of hydrogen-bond donors (Lipinski definition) is 2. The van der Waals surface area contributed by atoms with Gasteiger partial charge in [-0.1, -0.05) is 24.3 Å². The third kappa shape index (κ3) is 3.60. The maximum atomic E-state index is 12.1. The second-order valence-electron chi connectivity index (χ2n) is 5.63. The molecule has 23 heavy (non-hydrogen) atoms. The highest BCUT2D eigenvalue weighted by Crippen LogP contribution is 2.36. The van der Waals surface area contributed by atoms with E-state index in [0.29, 0.717) is 5.56 Å². The van der Waals surface area contributed by atoms with Crippen LogP contribution in [-0.4, -0.2) is 47.1 Å². The lowest BCUT2D eigenvalue weighted by Crippen LogP contribution is -2.55. The summed E-state index contributed by atoms with van der Waals surface area (Å²) in [6, 6.07) is 8.29. The summed E-state index contributed by atoms with van der Waals surface area (Å²) in [5.41, 5.74) is -1.50. The molecule has 0 amide bonds. The van der Waals surface area contributed by atoms with E-state index >= 15 is 0 Å². The monoisotopic (exact) mass is 320 g/mol. The minimum atomic E-state index is -1.82. The number of esters is 2. The summed E-state index contributed by atoms with van der Waals surface area (Å²) < 4.78 is 9.92. The summed E-state index contributed by atoms with van der Waals surface area (Å²) >= 11 is 0. The van der Waals surface area contributed by atoms with Crippen molar-refractivity contribution in [2.45, 2.75) is 30.7 Å². The van der Waals surface area contributed by atoms with Gasteiger partial charge in [0.05, 0.1) is 18.8 Å². The van der Waals surface area contributed by atoms with Gasteiger partial charge < -0.3 is 19.7 Å². The summed E-state index contributed by atoms with van der Waals surface area (Å²) in [6.07, 6.45) is -0.928. The molecule has 0 aromatic heterocycles. The number of hydrogen-bond acceptors (Lipinski definition) is 6. The molecule has 1 saturated carbocycles. The van der Waals surface area contributed by atoms with Crippen molar-refractivity contribution in [1.82, 2.24) is 0 Å². The first kappa shape index (κ1) is 17.2. The van der Waals surface area contributed by atoms with Gasteiger partial charge in [0.2, 0.25) is 0 Å². The van der Waals surface area contributed by atoms with Gasteiger partial charge in [0.1, 0.15) is 6.10 Å². The van der Waals surface area contributed by atoms with E-state index in [1.807, 2.05) is 0 Å². The molecule has 2 rings (SSSR count). The average Bonchev–Trinajstić information content (AvgIpc) is 2.57. The zero-order valence-corrected chi connectivity index (χ0v) is 12.8. The Balaban J connectivity index is 2.20. The predicted octanol–water partition coefficient (Wildman–Crippen LogP) is 1.07. The van der Waals surface area contributed by atoms with Crippen LogP contribution in [-0.2, 0) is 14.3 Å². The van der Waals surface area contributed by atoms with Crippen LogP contribution in [0.25, 0.3) is 0 Å². The Hall–Kier alpha value is -2.18. The molecule has 0 aliphatic heterocycles. The third-order valence-corrected chi connectivity index (χ3v) is 4.07. The third-order valence-electron chi connectivity index (χ3n) is 4.07. The van der Waals surface area contributed by atoms with Crippen LogP contribution < -0.4 is 0 Å². The number of aliphatic hydroxyl groups excluding tert-OH is 1. The molecular weight excluding hydrogens is 300 g/mol. The summed E-state index contributed by atoms with van der Waals surface area (Å²) in [5, 5.41) is 20.8. The SMILES string of the molecule is C=CC1C[C@](O)(C(=O)OC)C[C@@H](OC(=O)c2ccccc2)[C@H]1O. The highest BCUT2D eigenvalue weighted by Gasteiger charge is 2.50. The van der Waals surface area contributed by atoms with Crippen molar-refractivity contribution >= 4 is 11.9 Å². The fourth-order valence-electron chi connectivity index (χ4n) is 2.79. The van der Waals surface area contributed by atoms with Gasteiger partial charge in [-0.05, 0) is 18.6 Å². The number of methoxy groups -OCH3 is 1. The number of carbonyl (C=O) groups is 2. The zero-order valence-electron chi connectivity index (χ0n) is 12.8. The van der Waals surface area contributed by atoms with E-state index in [-0.39, 0.29) is 12.8 Å². The first-order valence-corrected chi connectivity index (χ1v) is 7.28. The van der Waals surface area contributed by atoms with Crippen LogP contribution >= 0.6 is 0 Å². The molecule has 1 aliphatic rings. The maximum absolute atomic E-state index is 12.1. The molecule has 0 radical (unpaired) electrons. The van der Waals surface area contributed by atoms with Crippen LogP contribution in [0.1, 0.15) is 23.2 Å². The number of aliphatic hydroxyl groups is 2. The molecule has 6 heteroatoms. The molecule has 1 aromatic rings. The van der Waals surface area contributed by atoms with Crippen LogP contribution in [0.4, 0.5) is 0 Å². The maximum Gasteiger partial charge on any atom is 0.338 e. The lowest BCUT2D eigenvalue weighted by atomic mass is 9.74. The fraction of sp³-hybridized carbons (Fsp3) is 0.412. The van der Waals surface area contributed by atoms with E-state index in [9.17, 15) is 19.8 Å². The summed E-state index contributed by atoms with van der Waals surface area (Å²) in [6.45, 7) is 3.59. The summed E-state index contributed by atoms with van der Waals surface area (Å²) in [5.74, 6) is -2.05. The van der Waals surface area contributed by atoms with Crippen LogP contribution in [0.2, 0.25) is 0 Å². The van der Waals surface area contributed by atoms with Crippen molar-refractivity contribution in [3.8, 4) is 0 Å². The lowest BCUT2D eigenvalue weighted by Gasteiger charge is -2.40.